The van der Waals surface area contributed by atoms with Crippen molar-refractivity contribution in [2.75, 3.05) is 19.7 Å². The lowest BCUT2D eigenvalue weighted by molar-refractivity contribution is 0.341. The highest BCUT2D eigenvalue weighted by atomic mass is 16.2. The minimum absolute atomic E-state index is 0.148. The Hall–Kier alpha value is -1.12. The molecule has 0 fully saturated rings. The van der Waals surface area contributed by atoms with Gasteiger partial charge in [0.2, 0.25) is 0 Å². The molecule has 0 saturated carbocycles. The van der Waals surface area contributed by atoms with Crippen LogP contribution >= 0.6 is 0 Å². The molecule has 0 saturated heterocycles. The van der Waals surface area contributed by atoms with Gasteiger partial charge in [0.25, 0.3) is 0 Å². The van der Waals surface area contributed by atoms with Crippen LogP contribution in [0.5, 0.6) is 0 Å². The molecule has 0 unspecified atom stereocenters. The van der Waals surface area contributed by atoms with Gasteiger partial charge in [-0.25, -0.2) is 0 Å². The van der Waals surface area contributed by atoms with Crippen molar-refractivity contribution in [1.82, 2.24) is 5.32 Å². The molecule has 0 aliphatic heterocycles. The molecule has 2 N–H and O–H groups in total. The van der Waals surface area contributed by atoms with Gasteiger partial charge in [0, 0.05) is 6.54 Å². The summed E-state index contributed by atoms with van der Waals surface area (Å²) in [6.07, 6.45) is 15.7. The Balaban J connectivity index is 4.49. The van der Waals surface area contributed by atoms with E-state index < -0.39 is 0 Å². The van der Waals surface area contributed by atoms with Gasteiger partial charge in [0.15, 0.2) is 0 Å². The maximum atomic E-state index is 8.96. The number of hydrogen-bond acceptors (Lipinski definition) is 2. The third-order valence-electron chi connectivity index (χ3n) is 4.37. The van der Waals surface area contributed by atoms with E-state index in [-0.39, 0.29) is 6.61 Å². The standard InChI is InChI=1S/C24H43NO/c1-20(2)10-7-11-22(5)12-8-14-24(19-25-18-21(3)4)15-9-13-23(6)16-17-26/h10,12,15-16,21,25-26H,7-9,11,13-14,17-19H2,1-6H3. The van der Waals surface area contributed by atoms with Gasteiger partial charge in [0.05, 0.1) is 6.61 Å². The number of aliphatic hydroxyl groups excluding tert-OH is 1. The van der Waals surface area contributed by atoms with E-state index in [1.54, 1.807) is 0 Å². The van der Waals surface area contributed by atoms with Gasteiger partial charge in [-0.2, -0.15) is 0 Å². The molecule has 0 heterocycles. The van der Waals surface area contributed by atoms with Gasteiger partial charge in [-0.05, 0) is 78.7 Å². The molecule has 0 atom stereocenters. The average molecular weight is 362 g/mol. The van der Waals surface area contributed by atoms with Crippen molar-refractivity contribution in [2.45, 2.75) is 80.1 Å². The van der Waals surface area contributed by atoms with Crippen molar-refractivity contribution >= 4 is 0 Å². The van der Waals surface area contributed by atoms with Gasteiger partial charge in [0.1, 0.15) is 0 Å². The molecule has 2 heteroatoms. The Morgan fingerprint density at radius 1 is 0.808 bits per heavy atom. The third-order valence-corrected chi connectivity index (χ3v) is 4.37. The van der Waals surface area contributed by atoms with Crippen LogP contribution in [0.15, 0.2) is 46.6 Å². The number of rotatable bonds is 14. The normalized spacial score (nSPS) is 13.5. The molecular weight excluding hydrogens is 318 g/mol. The van der Waals surface area contributed by atoms with Crippen LogP contribution in [0.25, 0.3) is 0 Å². The molecule has 0 radical (unpaired) electrons. The van der Waals surface area contributed by atoms with Crippen LogP contribution in [0.3, 0.4) is 0 Å². The number of allylic oxidation sites excluding steroid dienone is 6. The summed E-state index contributed by atoms with van der Waals surface area (Å²) in [6.45, 7) is 15.4. The predicted octanol–water partition coefficient (Wildman–Crippen LogP) is 6.35. The molecule has 2 nitrogen and oxygen atoms in total. The summed E-state index contributed by atoms with van der Waals surface area (Å²) in [5.74, 6) is 0.684. The van der Waals surface area contributed by atoms with E-state index in [4.69, 9.17) is 5.11 Å². The monoisotopic (exact) mass is 361 g/mol. The van der Waals surface area contributed by atoms with Crippen molar-refractivity contribution in [3.05, 3.63) is 46.6 Å². The van der Waals surface area contributed by atoms with Gasteiger partial charge in [-0.15, -0.1) is 0 Å². The van der Waals surface area contributed by atoms with E-state index >= 15 is 0 Å². The topological polar surface area (TPSA) is 32.3 Å². The van der Waals surface area contributed by atoms with Gasteiger partial charge < -0.3 is 10.4 Å². The third kappa shape index (κ3) is 16.4. The SMILES string of the molecule is CC(C)=CCCC(C)=CCCC(=CCCC(C)=CCO)CNCC(C)C. The zero-order chi connectivity index (χ0) is 19.8. The molecule has 0 aromatic carbocycles. The van der Waals surface area contributed by atoms with E-state index in [9.17, 15) is 0 Å². The number of nitrogens with one attached hydrogen (secondary N) is 1. The largest absolute Gasteiger partial charge is 0.392 e. The van der Waals surface area contributed by atoms with Crippen molar-refractivity contribution in [1.29, 1.82) is 0 Å². The summed E-state index contributed by atoms with van der Waals surface area (Å²) in [5.41, 5.74) is 5.69. The summed E-state index contributed by atoms with van der Waals surface area (Å²) < 4.78 is 0. The molecule has 0 aliphatic rings. The molecule has 0 amide bonds. The van der Waals surface area contributed by atoms with Gasteiger partial charge in [-0.3, -0.25) is 0 Å². The Kier molecular flexibility index (Phi) is 15.4. The van der Waals surface area contributed by atoms with Crippen LogP contribution in [-0.2, 0) is 0 Å². The first-order valence-electron chi connectivity index (χ1n) is 10.3. The minimum atomic E-state index is 0.148. The molecular formula is C24H43NO. The molecule has 0 bridgehead atoms. The molecule has 0 aromatic rings. The Labute approximate surface area is 163 Å². The van der Waals surface area contributed by atoms with Gasteiger partial charge in [-0.1, -0.05) is 60.4 Å². The lowest BCUT2D eigenvalue weighted by Gasteiger charge is -2.11. The van der Waals surface area contributed by atoms with E-state index in [0.29, 0.717) is 5.92 Å². The molecule has 0 aromatic heterocycles. The van der Waals surface area contributed by atoms with Crippen LogP contribution < -0.4 is 5.32 Å². The fourth-order valence-corrected chi connectivity index (χ4v) is 2.74. The lowest BCUT2D eigenvalue weighted by Crippen LogP contribution is -2.22. The summed E-state index contributed by atoms with van der Waals surface area (Å²) in [5, 5.41) is 12.5. The Morgan fingerprint density at radius 3 is 1.96 bits per heavy atom. The quantitative estimate of drug-likeness (QED) is 0.353. The zero-order valence-electron chi connectivity index (χ0n) is 18.2. The van der Waals surface area contributed by atoms with Crippen molar-refractivity contribution in [3.63, 3.8) is 0 Å². The summed E-state index contributed by atoms with van der Waals surface area (Å²) in [6, 6.07) is 0. The van der Waals surface area contributed by atoms with E-state index in [2.05, 4.69) is 65.1 Å². The second kappa shape index (κ2) is 16.1. The van der Waals surface area contributed by atoms with Crippen LogP contribution in [-0.4, -0.2) is 24.8 Å². The molecule has 0 aliphatic carbocycles. The first-order valence-corrected chi connectivity index (χ1v) is 10.3. The summed E-state index contributed by atoms with van der Waals surface area (Å²) >= 11 is 0. The van der Waals surface area contributed by atoms with Crippen LogP contribution in [0, 0.1) is 5.92 Å². The molecule has 150 valence electrons. The first-order chi connectivity index (χ1) is 12.3. The molecule has 0 rings (SSSR count). The van der Waals surface area contributed by atoms with E-state index in [1.165, 1.54) is 28.7 Å². The summed E-state index contributed by atoms with van der Waals surface area (Å²) in [7, 11) is 0. The predicted molar refractivity (Wildman–Crippen MR) is 118 cm³/mol. The smallest absolute Gasteiger partial charge is 0.0614 e. The first kappa shape index (κ1) is 24.9. The second-order valence-corrected chi connectivity index (χ2v) is 8.07. The summed E-state index contributed by atoms with van der Waals surface area (Å²) in [4.78, 5) is 0. The highest BCUT2D eigenvalue weighted by Crippen LogP contribution is 2.14. The Morgan fingerprint density at radius 2 is 1.38 bits per heavy atom. The van der Waals surface area contributed by atoms with Crippen molar-refractivity contribution in [3.8, 4) is 0 Å². The maximum Gasteiger partial charge on any atom is 0.0614 e. The van der Waals surface area contributed by atoms with Crippen LogP contribution in [0.1, 0.15) is 80.1 Å². The second-order valence-electron chi connectivity index (χ2n) is 8.07. The van der Waals surface area contributed by atoms with Crippen LogP contribution in [0.4, 0.5) is 0 Å². The van der Waals surface area contributed by atoms with E-state index in [0.717, 1.165) is 45.2 Å². The van der Waals surface area contributed by atoms with Crippen molar-refractivity contribution in [2.24, 2.45) is 5.92 Å². The number of hydrogen-bond donors (Lipinski definition) is 2. The van der Waals surface area contributed by atoms with E-state index in [1.807, 2.05) is 6.08 Å². The highest BCUT2D eigenvalue weighted by Gasteiger charge is 2.00. The van der Waals surface area contributed by atoms with Crippen LogP contribution in [0.2, 0.25) is 0 Å². The number of aliphatic hydroxyl groups is 1. The highest BCUT2D eigenvalue weighted by molar-refractivity contribution is 5.10. The fourth-order valence-electron chi connectivity index (χ4n) is 2.74. The maximum absolute atomic E-state index is 8.96. The Bertz CT molecular complexity index is 476. The molecule has 0 spiro atoms. The average Bonchev–Trinajstić information content (AvgIpc) is 2.54. The lowest BCUT2D eigenvalue weighted by atomic mass is 10.0. The van der Waals surface area contributed by atoms with Gasteiger partial charge >= 0.3 is 0 Å². The zero-order valence-corrected chi connectivity index (χ0v) is 18.2. The minimum Gasteiger partial charge on any atom is -0.392 e. The molecule has 26 heavy (non-hydrogen) atoms. The van der Waals surface area contributed by atoms with Crippen molar-refractivity contribution < 1.29 is 5.11 Å². The fraction of sp³-hybridized carbons (Fsp3) is 0.667.